The summed E-state index contributed by atoms with van der Waals surface area (Å²) < 4.78 is 11.1. The van der Waals surface area contributed by atoms with Gasteiger partial charge in [-0.2, -0.15) is 0 Å². The van der Waals surface area contributed by atoms with E-state index in [0.29, 0.717) is 0 Å². The summed E-state index contributed by atoms with van der Waals surface area (Å²) in [6, 6.07) is 51.7. The van der Waals surface area contributed by atoms with Crippen LogP contribution in [0.1, 0.15) is 0 Å². The predicted molar refractivity (Wildman–Crippen MR) is 170 cm³/mol. The summed E-state index contributed by atoms with van der Waals surface area (Å²) >= 11 is 0. The fourth-order valence-corrected chi connectivity index (χ4v) is 6.51. The van der Waals surface area contributed by atoms with Crippen molar-refractivity contribution in [3.05, 3.63) is 146 Å². The normalized spacial score (nSPS) is 11.9. The fourth-order valence-electron chi connectivity index (χ4n) is 6.51. The van der Waals surface area contributed by atoms with Gasteiger partial charge >= 0.3 is 0 Å². The minimum atomic E-state index is 0.881. The zero-order valence-electron chi connectivity index (χ0n) is 22.2. The van der Waals surface area contributed by atoms with Gasteiger partial charge in [0, 0.05) is 32.9 Å². The molecule has 3 heterocycles. The Bertz CT molecular complexity index is 2350. The molecule has 0 aliphatic carbocycles. The van der Waals surface area contributed by atoms with Crippen LogP contribution in [-0.4, -0.2) is 9.13 Å². The van der Waals surface area contributed by atoms with Crippen LogP contribution >= 0.6 is 0 Å². The van der Waals surface area contributed by atoms with Crippen LogP contribution in [0, 0.1) is 0 Å². The third-order valence-corrected chi connectivity index (χ3v) is 8.34. The minimum absolute atomic E-state index is 0.881. The van der Waals surface area contributed by atoms with E-state index < -0.39 is 0 Å². The predicted octanol–water partition coefficient (Wildman–Crippen LogP) is 10.3. The Labute approximate surface area is 236 Å². The van der Waals surface area contributed by atoms with Crippen molar-refractivity contribution in [2.45, 2.75) is 0 Å². The zero-order valence-corrected chi connectivity index (χ0v) is 22.2. The number of nitrogens with zero attached hydrogens (tertiary/aromatic N) is 2. The van der Waals surface area contributed by atoms with Crippen LogP contribution in [0.3, 0.4) is 0 Å². The molecule has 0 saturated carbocycles. The molecule has 0 saturated heterocycles. The van der Waals surface area contributed by atoms with E-state index in [0.717, 1.165) is 39.0 Å². The first-order valence-corrected chi connectivity index (χ1v) is 14.0. The Morgan fingerprint density at radius 1 is 0.390 bits per heavy atom. The summed E-state index contributed by atoms with van der Waals surface area (Å²) in [4.78, 5) is 0. The van der Waals surface area contributed by atoms with Gasteiger partial charge in [-0.05, 0) is 65.7 Å². The Balaban J connectivity index is 1.21. The average Bonchev–Trinajstić information content (AvgIpc) is 3.68. The summed E-state index contributed by atoms with van der Waals surface area (Å²) in [5.41, 5.74) is 9.97. The lowest BCUT2D eigenvalue weighted by Gasteiger charge is -2.09. The summed E-state index contributed by atoms with van der Waals surface area (Å²) in [6.45, 7) is 0. The van der Waals surface area contributed by atoms with Crippen LogP contribution in [0.2, 0.25) is 0 Å². The number of fused-ring (bicyclic) bond motifs is 8. The highest BCUT2D eigenvalue weighted by Gasteiger charge is 2.19. The first-order valence-electron chi connectivity index (χ1n) is 14.0. The Kier molecular flexibility index (Phi) is 4.61. The number of hydrogen-bond donors (Lipinski definition) is 0. The molecule has 9 aromatic rings. The molecule has 0 radical (unpaired) electrons. The quantitative estimate of drug-likeness (QED) is 0.225. The smallest absolute Gasteiger partial charge is 0.213 e. The lowest BCUT2D eigenvalue weighted by Crippen LogP contribution is -1.93. The van der Waals surface area contributed by atoms with Gasteiger partial charge in [-0.25, -0.2) is 0 Å². The van der Waals surface area contributed by atoms with Crippen molar-refractivity contribution in [3.63, 3.8) is 0 Å². The third kappa shape index (κ3) is 3.20. The molecule has 3 heteroatoms. The van der Waals surface area contributed by atoms with Crippen LogP contribution in [0.15, 0.2) is 150 Å². The van der Waals surface area contributed by atoms with E-state index in [9.17, 15) is 0 Å². The largest absolute Gasteiger partial charge is 0.439 e. The van der Waals surface area contributed by atoms with Gasteiger partial charge in [0.25, 0.3) is 0 Å². The molecule has 3 aromatic heterocycles. The van der Waals surface area contributed by atoms with Gasteiger partial charge in [-0.1, -0.05) is 91.0 Å². The molecular weight excluding hydrogens is 500 g/mol. The molecule has 0 fully saturated rings. The lowest BCUT2D eigenvalue weighted by atomic mass is 10.0. The Morgan fingerprint density at radius 2 is 0.927 bits per heavy atom. The van der Waals surface area contributed by atoms with E-state index >= 15 is 0 Å². The number of benzene rings is 6. The number of furan rings is 1. The number of aromatic nitrogens is 2. The van der Waals surface area contributed by atoms with Gasteiger partial charge in [0.1, 0.15) is 5.58 Å². The highest BCUT2D eigenvalue weighted by molar-refractivity contribution is 6.20. The Hall–Kier alpha value is -5.54. The second-order valence-corrected chi connectivity index (χ2v) is 10.6. The standard InChI is InChI=1S/C38H24N2O/c1-2-10-27(11-3-1)40-35-17-9-6-14-31(35)37-32-24-26(20-23-36(32)41-38(37)40)25-18-21-28(22-19-25)39-33-15-7-4-12-29(33)30-13-5-8-16-34(30)39/h1-24H. The summed E-state index contributed by atoms with van der Waals surface area (Å²) in [5, 5.41) is 6.04. The molecule has 0 unspecified atom stereocenters. The first kappa shape index (κ1) is 22.3. The molecule has 41 heavy (non-hydrogen) atoms. The van der Waals surface area contributed by atoms with E-state index in [1.54, 1.807) is 0 Å². The number of rotatable bonds is 3. The van der Waals surface area contributed by atoms with Crippen molar-refractivity contribution < 1.29 is 4.42 Å². The highest BCUT2D eigenvalue weighted by Crippen LogP contribution is 2.40. The van der Waals surface area contributed by atoms with Crippen LogP contribution < -0.4 is 0 Å². The van der Waals surface area contributed by atoms with E-state index in [-0.39, 0.29) is 0 Å². The maximum Gasteiger partial charge on any atom is 0.213 e. The van der Waals surface area contributed by atoms with E-state index in [1.807, 2.05) is 6.07 Å². The topological polar surface area (TPSA) is 23.0 Å². The second-order valence-electron chi connectivity index (χ2n) is 10.6. The van der Waals surface area contributed by atoms with Gasteiger partial charge in [-0.3, -0.25) is 4.57 Å². The molecule has 0 bridgehead atoms. The van der Waals surface area contributed by atoms with Gasteiger partial charge < -0.3 is 8.98 Å². The maximum atomic E-state index is 6.52. The molecule has 0 spiro atoms. The minimum Gasteiger partial charge on any atom is -0.439 e. The Morgan fingerprint density at radius 3 is 1.61 bits per heavy atom. The van der Waals surface area contributed by atoms with Crippen molar-refractivity contribution in [2.24, 2.45) is 0 Å². The van der Waals surface area contributed by atoms with Crippen LogP contribution in [0.5, 0.6) is 0 Å². The zero-order chi connectivity index (χ0) is 26.9. The molecule has 6 aromatic carbocycles. The molecular formula is C38H24N2O. The molecule has 192 valence electrons. The lowest BCUT2D eigenvalue weighted by molar-refractivity contribution is 0.645. The maximum absolute atomic E-state index is 6.52. The molecule has 0 N–H and O–H groups in total. The van der Waals surface area contributed by atoms with Crippen molar-refractivity contribution in [1.82, 2.24) is 9.13 Å². The van der Waals surface area contributed by atoms with Crippen molar-refractivity contribution >= 4 is 54.8 Å². The summed E-state index contributed by atoms with van der Waals surface area (Å²) in [7, 11) is 0. The van der Waals surface area contributed by atoms with Crippen molar-refractivity contribution in [3.8, 4) is 22.5 Å². The van der Waals surface area contributed by atoms with Crippen LogP contribution in [-0.2, 0) is 0 Å². The molecule has 3 nitrogen and oxygen atoms in total. The van der Waals surface area contributed by atoms with Gasteiger partial charge in [-0.15, -0.1) is 0 Å². The first-order chi connectivity index (χ1) is 20.3. The SMILES string of the molecule is c1ccc(-n2c3ccccc3c3c4cc(-c5ccc(-n6c7ccccc7c7ccccc76)cc5)ccc4oc32)cc1. The molecule has 0 amide bonds. The number of para-hydroxylation sites is 4. The monoisotopic (exact) mass is 524 g/mol. The van der Waals surface area contributed by atoms with Gasteiger partial charge in [0.15, 0.2) is 0 Å². The van der Waals surface area contributed by atoms with Gasteiger partial charge in [0.05, 0.1) is 21.9 Å². The van der Waals surface area contributed by atoms with Crippen molar-refractivity contribution in [1.29, 1.82) is 0 Å². The van der Waals surface area contributed by atoms with E-state index in [4.69, 9.17) is 4.42 Å². The van der Waals surface area contributed by atoms with Crippen LogP contribution in [0.4, 0.5) is 0 Å². The van der Waals surface area contributed by atoms with Crippen molar-refractivity contribution in [2.75, 3.05) is 0 Å². The average molecular weight is 525 g/mol. The molecule has 0 aliphatic heterocycles. The molecule has 9 rings (SSSR count). The van der Waals surface area contributed by atoms with E-state index in [1.165, 1.54) is 38.3 Å². The second kappa shape index (κ2) is 8.48. The summed E-state index contributed by atoms with van der Waals surface area (Å²) in [6.07, 6.45) is 0. The number of hydrogen-bond acceptors (Lipinski definition) is 1. The fraction of sp³-hybridized carbons (Fsp3) is 0. The summed E-state index contributed by atoms with van der Waals surface area (Å²) in [5.74, 6) is 0. The molecule has 0 atom stereocenters. The van der Waals surface area contributed by atoms with Gasteiger partial charge in [0.2, 0.25) is 5.71 Å². The third-order valence-electron chi connectivity index (χ3n) is 8.34. The van der Waals surface area contributed by atoms with E-state index in [2.05, 4.69) is 149 Å². The highest BCUT2D eigenvalue weighted by atomic mass is 16.3. The molecule has 0 aliphatic rings. The van der Waals surface area contributed by atoms with Crippen LogP contribution in [0.25, 0.3) is 77.3 Å².